The summed E-state index contributed by atoms with van der Waals surface area (Å²) in [5, 5.41) is 2.06. The Morgan fingerprint density at radius 1 is 0.706 bits per heavy atom. The molecule has 3 aromatic heterocycles. The summed E-state index contributed by atoms with van der Waals surface area (Å²) in [4.78, 5) is 4.41. The van der Waals surface area contributed by atoms with Crippen molar-refractivity contribution in [2.75, 3.05) is 0 Å². The number of rotatable bonds is 3. The predicted octanol–water partition coefficient (Wildman–Crippen LogP) is 7.42. The molecule has 0 N–H and O–H groups in total. The lowest BCUT2D eigenvalue weighted by Gasteiger charge is -2.06. The molecule has 166 valence electrons. The van der Waals surface area contributed by atoms with Crippen molar-refractivity contribution in [2.24, 2.45) is 0 Å². The van der Waals surface area contributed by atoms with E-state index in [4.69, 9.17) is 8.83 Å². The highest BCUT2D eigenvalue weighted by atomic mass is 16.4. The van der Waals surface area contributed by atoms with Crippen LogP contribution in [0.25, 0.3) is 50.5 Å². The Morgan fingerprint density at radius 3 is 2.24 bits per heavy atom. The average Bonchev–Trinajstić information content (AvgIpc) is 3.36. The smallest absolute Gasteiger partial charge is 0.387 e. The molecule has 0 bridgehead atoms. The van der Waals surface area contributed by atoms with Gasteiger partial charge in [0.25, 0.3) is 0 Å². The van der Waals surface area contributed by atoms with Crippen LogP contribution in [0.2, 0.25) is 0 Å². The third-order valence-electron chi connectivity index (χ3n) is 6.60. The maximum Gasteiger partial charge on any atom is 0.387 e. The first-order valence-electron chi connectivity index (χ1n) is 11.5. The number of nitrogens with zero attached hydrogens (tertiary/aromatic N) is 2. The van der Waals surface area contributed by atoms with Crippen LogP contribution in [0.4, 0.5) is 0 Å². The van der Waals surface area contributed by atoms with Gasteiger partial charge in [-0.1, -0.05) is 48.5 Å². The number of aromatic nitrogens is 2. The van der Waals surface area contributed by atoms with Gasteiger partial charge in [-0.3, -0.25) is 0 Å². The van der Waals surface area contributed by atoms with Gasteiger partial charge in [0.2, 0.25) is 22.9 Å². The average molecular weight is 446 g/mol. The van der Waals surface area contributed by atoms with Gasteiger partial charge in [0.05, 0.1) is 5.56 Å². The van der Waals surface area contributed by atoms with Crippen LogP contribution in [0.15, 0.2) is 87.8 Å². The number of hydrogen-bond donors (Lipinski definition) is 0. The Hall–Kier alpha value is -4.18. The van der Waals surface area contributed by atoms with Crippen LogP contribution < -0.4 is 4.57 Å². The highest BCUT2D eigenvalue weighted by molar-refractivity contribution is 6.04. The van der Waals surface area contributed by atoms with Crippen molar-refractivity contribution in [1.29, 1.82) is 0 Å². The van der Waals surface area contributed by atoms with Crippen LogP contribution in [-0.2, 0) is 0 Å². The van der Waals surface area contributed by atoms with Crippen LogP contribution >= 0.6 is 0 Å². The Kier molecular flexibility index (Phi) is 4.63. The molecular weight excluding hydrogens is 420 g/mol. The van der Waals surface area contributed by atoms with Crippen molar-refractivity contribution in [3.8, 4) is 28.5 Å². The van der Waals surface area contributed by atoms with E-state index in [0.717, 1.165) is 56.1 Å². The minimum Gasteiger partial charge on any atom is -0.438 e. The number of oxazole rings is 1. The van der Waals surface area contributed by atoms with Gasteiger partial charge in [0, 0.05) is 41.1 Å². The molecule has 0 radical (unpaired) electrons. The van der Waals surface area contributed by atoms with Crippen molar-refractivity contribution in [3.63, 3.8) is 0 Å². The number of hydrogen-bond acceptors (Lipinski definition) is 3. The molecule has 0 amide bonds. The van der Waals surface area contributed by atoms with Crippen LogP contribution in [0, 0.1) is 27.7 Å². The highest BCUT2D eigenvalue weighted by Gasteiger charge is 2.33. The largest absolute Gasteiger partial charge is 0.438 e. The van der Waals surface area contributed by atoms with Crippen molar-refractivity contribution < 1.29 is 13.4 Å². The van der Waals surface area contributed by atoms with E-state index in [0.29, 0.717) is 5.71 Å². The van der Waals surface area contributed by atoms with Gasteiger partial charge in [0.15, 0.2) is 0 Å². The molecule has 3 aromatic carbocycles. The standard InChI is InChI=1S/C30H25N2O2/c1-18-10-8-11-19(2)27(18)30-32(21(4)28(34-30)22-12-6-5-7-13-22)25-17-24-23-14-9-15-31-29(23)33-26(24)16-20(25)3/h5-17H,1-4H3/q+1. The molecule has 34 heavy (non-hydrogen) atoms. The fourth-order valence-electron chi connectivity index (χ4n) is 4.92. The van der Waals surface area contributed by atoms with Crippen LogP contribution in [-0.4, -0.2) is 4.98 Å². The molecule has 3 heterocycles. The van der Waals surface area contributed by atoms with Crippen molar-refractivity contribution >= 4 is 22.1 Å². The summed E-state index contributed by atoms with van der Waals surface area (Å²) < 4.78 is 15.0. The Balaban J connectivity index is 1.71. The van der Waals surface area contributed by atoms with Crippen LogP contribution in [0.1, 0.15) is 22.4 Å². The third kappa shape index (κ3) is 3.06. The summed E-state index contributed by atoms with van der Waals surface area (Å²) in [6, 6.07) is 25.0. The lowest BCUT2D eigenvalue weighted by molar-refractivity contribution is -0.593. The van der Waals surface area contributed by atoms with Gasteiger partial charge in [0.1, 0.15) is 5.58 Å². The van der Waals surface area contributed by atoms with E-state index >= 15 is 0 Å². The van der Waals surface area contributed by atoms with Crippen molar-refractivity contribution in [2.45, 2.75) is 27.7 Å². The summed E-state index contributed by atoms with van der Waals surface area (Å²) in [6.45, 7) is 8.52. The second kappa shape index (κ2) is 7.70. The van der Waals surface area contributed by atoms with E-state index in [1.165, 1.54) is 11.1 Å². The van der Waals surface area contributed by atoms with Gasteiger partial charge in [-0.25, -0.2) is 4.98 Å². The maximum atomic E-state index is 6.70. The molecule has 4 heteroatoms. The first-order chi connectivity index (χ1) is 16.5. The SMILES string of the molecule is Cc1cc2oc3ncccc3c2cc1-[n+]1c(-c2c(C)cccc2C)oc(-c2ccccc2)c1C. The Labute approximate surface area is 198 Å². The molecule has 0 unspecified atom stereocenters. The second-order valence-corrected chi connectivity index (χ2v) is 8.88. The molecule has 0 saturated carbocycles. The van der Waals surface area contributed by atoms with E-state index in [9.17, 15) is 0 Å². The van der Waals surface area contributed by atoms with E-state index in [1.807, 2.05) is 24.3 Å². The molecule has 0 atom stereocenters. The fourth-order valence-corrected chi connectivity index (χ4v) is 4.92. The minimum absolute atomic E-state index is 0.655. The summed E-state index contributed by atoms with van der Waals surface area (Å²) in [7, 11) is 0. The zero-order chi connectivity index (χ0) is 23.4. The quantitative estimate of drug-likeness (QED) is 0.266. The number of pyridine rings is 1. The van der Waals surface area contributed by atoms with E-state index in [-0.39, 0.29) is 0 Å². The maximum absolute atomic E-state index is 6.70. The van der Waals surface area contributed by atoms with Gasteiger partial charge < -0.3 is 8.83 Å². The predicted molar refractivity (Wildman–Crippen MR) is 135 cm³/mol. The third-order valence-corrected chi connectivity index (χ3v) is 6.60. The molecule has 0 aliphatic rings. The fraction of sp³-hybridized carbons (Fsp3) is 0.133. The first-order valence-corrected chi connectivity index (χ1v) is 11.5. The molecule has 6 aromatic rings. The van der Waals surface area contributed by atoms with Gasteiger partial charge in [-0.2, -0.15) is 0 Å². The molecule has 4 nitrogen and oxygen atoms in total. The molecule has 0 saturated heterocycles. The molecule has 0 aliphatic heterocycles. The Bertz CT molecular complexity index is 1670. The molecular formula is C30H25N2O2+. The zero-order valence-electron chi connectivity index (χ0n) is 19.7. The number of benzene rings is 3. The number of furan rings is 1. The van der Waals surface area contributed by atoms with Crippen LogP contribution in [0.3, 0.4) is 0 Å². The lowest BCUT2D eigenvalue weighted by atomic mass is 10.0. The van der Waals surface area contributed by atoms with Gasteiger partial charge in [-0.05, 0) is 50.1 Å². The van der Waals surface area contributed by atoms with E-state index < -0.39 is 0 Å². The highest BCUT2D eigenvalue weighted by Crippen LogP contribution is 2.35. The van der Waals surface area contributed by atoms with E-state index in [2.05, 4.69) is 85.8 Å². The Morgan fingerprint density at radius 2 is 1.47 bits per heavy atom. The normalized spacial score (nSPS) is 11.5. The summed E-state index contributed by atoms with van der Waals surface area (Å²) in [5.74, 6) is 1.71. The first kappa shape index (κ1) is 20.4. The summed E-state index contributed by atoms with van der Waals surface area (Å²) in [6.07, 6.45) is 1.76. The topological polar surface area (TPSA) is 43.0 Å². The minimum atomic E-state index is 0.655. The molecule has 0 aliphatic carbocycles. The zero-order valence-corrected chi connectivity index (χ0v) is 19.7. The summed E-state index contributed by atoms with van der Waals surface area (Å²) >= 11 is 0. The molecule has 0 fully saturated rings. The summed E-state index contributed by atoms with van der Waals surface area (Å²) in [5.41, 5.74) is 9.26. The monoisotopic (exact) mass is 445 g/mol. The molecule has 6 rings (SSSR count). The van der Waals surface area contributed by atoms with Crippen molar-refractivity contribution in [3.05, 3.63) is 101 Å². The lowest BCUT2D eigenvalue weighted by Crippen LogP contribution is -2.35. The van der Waals surface area contributed by atoms with Gasteiger partial charge >= 0.3 is 5.89 Å². The number of fused-ring (bicyclic) bond motifs is 3. The number of aryl methyl sites for hydroxylation is 3. The van der Waals surface area contributed by atoms with E-state index in [1.54, 1.807) is 6.20 Å². The second-order valence-electron chi connectivity index (χ2n) is 8.88. The van der Waals surface area contributed by atoms with Crippen LogP contribution in [0.5, 0.6) is 0 Å². The van der Waals surface area contributed by atoms with Gasteiger partial charge in [-0.15, -0.1) is 4.57 Å². The molecule has 0 spiro atoms. The van der Waals surface area contributed by atoms with Crippen molar-refractivity contribution in [1.82, 2.24) is 4.98 Å².